The summed E-state index contributed by atoms with van der Waals surface area (Å²) in [6.07, 6.45) is -0.297. The first-order valence-electron chi connectivity index (χ1n) is 6.20. The summed E-state index contributed by atoms with van der Waals surface area (Å²) in [6, 6.07) is 4.06. The molecule has 1 aromatic carbocycles. The summed E-state index contributed by atoms with van der Waals surface area (Å²) in [7, 11) is -2.46. The van der Waals surface area contributed by atoms with E-state index in [1.165, 1.54) is 26.1 Å². The van der Waals surface area contributed by atoms with Crippen molar-refractivity contribution in [3.05, 3.63) is 29.3 Å². The van der Waals surface area contributed by atoms with E-state index in [1.807, 2.05) is 0 Å². The Bertz CT molecular complexity index is 595. The van der Waals surface area contributed by atoms with Crippen molar-refractivity contribution in [2.75, 3.05) is 13.6 Å². The van der Waals surface area contributed by atoms with Crippen molar-refractivity contribution in [3.63, 3.8) is 0 Å². The zero-order valence-corrected chi connectivity index (χ0v) is 12.5. The van der Waals surface area contributed by atoms with Gasteiger partial charge >= 0.3 is 5.97 Å². The fourth-order valence-corrected chi connectivity index (χ4v) is 3.15. The van der Waals surface area contributed by atoms with E-state index >= 15 is 0 Å². The Kier molecular flexibility index (Phi) is 5.27. The van der Waals surface area contributed by atoms with Gasteiger partial charge in [-0.15, -0.1) is 0 Å². The van der Waals surface area contributed by atoms with Crippen molar-refractivity contribution in [2.24, 2.45) is 0 Å². The molecule has 6 nitrogen and oxygen atoms in total. The average molecular weight is 301 g/mol. The Labute approximate surface area is 118 Å². The second kappa shape index (κ2) is 6.34. The van der Waals surface area contributed by atoms with Gasteiger partial charge in [-0.05, 0) is 31.0 Å². The Morgan fingerprint density at radius 3 is 2.45 bits per heavy atom. The van der Waals surface area contributed by atoms with Crippen molar-refractivity contribution in [3.8, 4) is 0 Å². The zero-order chi connectivity index (χ0) is 15.5. The van der Waals surface area contributed by atoms with Crippen molar-refractivity contribution < 1.29 is 23.4 Å². The van der Waals surface area contributed by atoms with E-state index in [0.717, 1.165) is 10.4 Å². The molecule has 0 fully saturated rings. The first-order chi connectivity index (χ1) is 9.20. The number of nitrogens with zero attached hydrogens (tertiary/aromatic N) is 1. The van der Waals surface area contributed by atoms with Crippen LogP contribution in [0.15, 0.2) is 23.1 Å². The molecule has 0 bridgehead atoms. The molecule has 112 valence electrons. The molecule has 0 saturated carbocycles. The molecule has 0 aromatic heterocycles. The van der Waals surface area contributed by atoms with Crippen LogP contribution < -0.4 is 0 Å². The molecule has 0 amide bonds. The summed E-state index contributed by atoms with van der Waals surface area (Å²) in [5.74, 6) is -1.16. The zero-order valence-electron chi connectivity index (χ0n) is 11.7. The van der Waals surface area contributed by atoms with Crippen LogP contribution in [-0.2, 0) is 16.4 Å². The van der Waals surface area contributed by atoms with Gasteiger partial charge in [0.15, 0.2) is 0 Å². The standard InChI is InChI=1S/C13H19NO5S/c1-4-10-5-6-11(7-12(10)13(16)17)20(18,19)14(3)8-9(2)15/h5-7,9,15H,4,8H2,1-3H3,(H,16,17). The van der Waals surface area contributed by atoms with Crippen molar-refractivity contribution in [2.45, 2.75) is 31.3 Å². The maximum Gasteiger partial charge on any atom is 0.336 e. The molecular formula is C13H19NO5S. The number of aliphatic hydroxyl groups excluding tert-OH is 1. The Morgan fingerprint density at radius 2 is 2.00 bits per heavy atom. The van der Waals surface area contributed by atoms with Crippen LogP contribution in [0, 0.1) is 0 Å². The molecule has 1 aromatic rings. The molecule has 20 heavy (non-hydrogen) atoms. The molecule has 0 aliphatic rings. The highest BCUT2D eigenvalue weighted by Gasteiger charge is 2.23. The number of carbonyl (C=O) groups is 1. The summed E-state index contributed by atoms with van der Waals surface area (Å²) in [4.78, 5) is 11.1. The molecule has 0 radical (unpaired) electrons. The van der Waals surface area contributed by atoms with Gasteiger partial charge < -0.3 is 10.2 Å². The molecule has 1 rings (SSSR count). The lowest BCUT2D eigenvalue weighted by Crippen LogP contribution is -2.33. The minimum absolute atomic E-state index is 0.0148. The smallest absolute Gasteiger partial charge is 0.336 e. The second-order valence-electron chi connectivity index (χ2n) is 4.61. The predicted octanol–water partition coefficient (Wildman–Crippen LogP) is 0.948. The fraction of sp³-hybridized carbons (Fsp3) is 0.462. The van der Waals surface area contributed by atoms with Crippen LogP contribution in [0.3, 0.4) is 0 Å². The number of aliphatic hydroxyl groups is 1. The van der Waals surface area contributed by atoms with E-state index in [0.29, 0.717) is 12.0 Å². The van der Waals surface area contributed by atoms with Gasteiger partial charge in [0.1, 0.15) is 0 Å². The largest absolute Gasteiger partial charge is 0.478 e. The number of hydrogen-bond acceptors (Lipinski definition) is 4. The van der Waals surface area contributed by atoms with Crippen LogP contribution in [0.4, 0.5) is 0 Å². The highest BCUT2D eigenvalue weighted by atomic mass is 32.2. The normalized spacial score (nSPS) is 13.4. The monoisotopic (exact) mass is 301 g/mol. The van der Waals surface area contributed by atoms with E-state index in [4.69, 9.17) is 5.11 Å². The van der Waals surface area contributed by atoms with Crippen LogP contribution in [0.1, 0.15) is 29.8 Å². The van der Waals surface area contributed by atoms with Gasteiger partial charge in [-0.25, -0.2) is 13.2 Å². The summed E-state index contributed by atoms with van der Waals surface area (Å²) in [5.41, 5.74) is 0.564. The third-order valence-corrected chi connectivity index (χ3v) is 4.74. The van der Waals surface area contributed by atoms with Crippen molar-refractivity contribution in [1.29, 1.82) is 0 Å². The van der Waals surface area contributed by atoms with Gasteiger partial charge in [0.25, 0.3) is 0 Å². The number of aromatic carboxylic acids is 1. The number of carboxylic acids is 1. The van der Waals surface area contributed by atoms with Gasteiger partial charge in [0, 0.05) is 13.6 Å². The predicted molar refractivity (Wildman–Crippen MR) is 74.3 cm³/mol. The molecule has 0 aliphatic heterocycles. The molecule has 7 heteroatoms. The number of sulfonamides is 1. The Morgan fingerprint density at radius 1 is 1.40 bits per heavy atom. The van der Waals surface area contributed by atoms with Crippen molar-refractivity contribution in [1.82, 2.24) is 4.31 Å². The number of likely N-dealkylation sites (N-methyl/N-ethyl adjacent to an activating group) is 1. The van der Waals surface area contributed by atoms with E-state index in [2.05, 4.69) is 0 Å². The van der Waals surface area contributed by atoms with Crippen LogP contribution in [0.2, 0.25) is 0 Å². The van der Waals surface area contributed by atoms with Crippen LogP contribution in [0.25, 0.3) is 0 Å². The molecule has 0 aliphatic carbocycles. The van der Waals surface area contributed by atoms with Crippen LogP contribution in [0.5, 0.6) is 0 Å². The Hall–Kier alpha value is -1.44. The lowest BCUT2D eigenvalue weighted by Gasteiger charge is -2.19. The number of rotatable bonds is 6. The van der Waals surface area contributed by atoms with Gasteiger partial charge in [0.2, 0.25) is 10.0 Å². The van der Waals surface area contributed by atoms with Crippen molar-refractivity contribution >= 4 is 16.0 Å². The second-order valence-corrected chi connectivity index (χ2v) is 6.66. The third-order valence-electron chi connectivity index (χ3n) is 2.92. The lowest BCUT2D eigenvalue weighted by molar-refractivity contribution is 0.0695. The first kappa shape index (κ1) is 16.6. The molecule has 1 atom stereocenters. The molecule has 0 heterocycles. The average Bonchev–Trinajstić information content (AvgIpc) is 2.36. The topological polar surface area (TPSA) is 94.9 Å². The molecule has 2 N–H and O–H groups in total. The Balaban J connectivity index is 3.26. The highest BCUT2D eigenvalue weighted by molar-refractivity contribution is 7.89. The maximum atomic E-state index is 12.3. The number of carboxylic acid groups (broad SMARTS) is 1. The van der Waals surface area contributed by atoms with Gasteiger partial charge in [0.05, 0.1) is 16.6 Å². The quantitative estimate of drug-likeness (QED) is 0.815. The fourth-order valence-electron chi connectivity index (χ4n) is 1.87. The van der Waals surface area contributed by atoms with Gasteiger partial charge in [-0.3, -0.25) is 0 Å². The third kappa shape index (κ3) is 3.56. The molecule has 0 saturated heterocycles. The molecule has 0 spiro atoms. The minimum atomic E-state index is -3.81. The number of benzene rings is 1. The summed E-state index contributed by atoms with van der Waals surface area (Å²) in [5, 5.41) is 18.4. The summed E-state index contributed by atoms with van der Waals surface area (Å²) < 4.78 is 25.5. The minimum Gasteiger partial charge on any atom is -0.478 e. The van der Waals surface area contributed by atoms with E-state index in [1.54, 1.807) is 6.92 Å². The maximum absolute atomic E-state index is 12.3. The van der Waals surface area contributed by atoms with Gasteiger partial charge in [-0.1, -0.05) is 13.0 Å². The summed E-state index contributed by atoms with van der Waals surface area (Å²) in [6.45, 7) is 3.23. The number of aryl methyl sites for hydroxylation is 1. The molecular weight excluding hydrogens is 282 g/mol. The first-order valence-corrected chi connectivity index (χ1v) is 7.64. The lowest BCUT2D eigenvalue weighted by atomic mass is 10.1. The van der Waals surface area contributed by atoms with E-state index in [9.17, 15) is 18.3 Å². The number of hydrogen-bond donors (Lipinski definition) is 2. The van der Waals surface area contributed by atoms with Crippen LogP contribution in [-0.4, -0.2) is 48.6 Å². The SMILES string of the molecule is CCc1ccc(S(=O)(=O)N(C)CC(C)O)cc1C(=O)O. The van der Waals surface area contributed by atoms with Gasteiger partial charge in [-0.2, -0.15) is 4.31 Å². The van der Waals surface area contributed by atoms with E-state index in [-0.39, 0.29) is 17.0 Å². The molecule has 1 unspecified atom stereocenters. The van der Waals surface area contributed by atoms with Crippen LogP contribution >= 0.6 is 0 Å². The highest BCUT2D eigenvalue weighted by Crippen LogP contribution is 2.20. The van der Waals surface area contributed by atoms with E-state index < -0.39 is 22.1 Å². The summed E-state index contributed by atoms with van der Waals surface area (Å²) >= 11 is 0.